The molecule has 0 saturated heterocycles. The van der Waals surface area contributed by atoms with Crippen molar-refractivity contribution in [2.45, 2.75) is 64.5 Å². The minimum atomic E-state index is -3.67. The molecule has 0 radical (unpaired) electrons. The van der Waals surface area contributed by atoms with Crippen molar-refractivity contribution in [1.29, 1.82) is 0 Å². The first-order valence-corrected chi connectivity index (χ1v) is 18.7. The quantitative estimate of drug-likeness (QED) is 0.141. The molecule has 222 valence electrons. The van der Waals surface area contributed by atoms with Crippen molar-refractivity contribution in [2.75, 3.05) is 19.7 Å². The van der Waals surface area contributed by atoms with Crippen LogP contribution in [0.25, 0.3) is 0 Å². The summed E-state index contributed by atoms with van der Waals surface area (Å²) in [5.74, 6) is 0.135. The molecule has 7 heteroatoms. The molecule has 1 atom stereocenters. The predicted molar refractivity (Wildman–Crippen MR) is 173 cm³/mol. The summed E-state index contributed by atoms with van der Waals surface area (Å²) in [6, 6.07) is 30.6. The molecule has 0 aliphatic carbocycles. The first kappa shape index (κ1) is 33.0. The third-order valence-electron chi connectivity index (χ3n) is 7.84. The van der Waals surface area contributed by atoms with Gasteiger partial charge in [-0.15, -0.1) is 0 Å². The van der Waals surface area contributed by atoms with Crippen LogP contribution in [0.4, 0.5) is 0 Å². The van der Waals surface area contributed by atoms with Crippen molar-refractivity contribution in [2.24, 2.45) is 5.92 Å². The molecule has 0 saturated carbocycles. The van der Waals surface area contributed by atoms with Crippen molar-refractivity contribution in [3.05, 3.63) is 120 Å². The van der Waals surface area contributed by atoms with Gasteiger partial charge in [0.05, 0.1) is 12.7 Å². The lowest BCUT2D eigenvalue weighted by molar-refractivity contribution is -0.0378. The number of nitrogens with zero attached hydrogens (tertiary/aromatic N) is 1. The van der Waals surface area contributed by atoms with E-state index >= 15 is 0 Å². The summed E-state index contributed by atoms with van der Waals surface area (Å²) in [6.45, 7) is 19.3. The molecule has 0 aliphatic rings. The van der Waals surface area contributed by atoms with E-state index < -0.39 is 30.0 Å². The van der Waals surface area contributed by atoms with E-state index in [0.717, 1.165) is 22.1 Å². The van der Waals surface area contributed by atoms with E-state index in [2.05, 4.69) is 76.8 Å². The van der Waals surface area contributed by atoms with E-state index in [9.17, 15) is 8.42 Å². The van der Waals surface area contributed by atoms with Crippen molar-refractivity contribution in [3.8, 4) is 0 Å². The van der Waals surface area contributed by atoms with Gasteiger partial charge in [-0.2, -0.15) is 4.31 Å². The van der Waals surface area contributed by atoms with Crippen LogP contribution >= 0.6 is 0 Å². The smallest absolute Gasteiger partial charge is 0.235 e. The van der Waals surface area contributed by atoms with E-state index in [1.165, 1.54) is 4.31 Å². The molecule has 0 fully saturated rings. The number of hydrogen-bond donors (Lipinski definition) is 0. The van der Waals surface area contributed by atoms with Gasteiger partial charge in [0.15, 0.2) is 8.32 Å². The summed E-state index contributed by atoms with van der Waals surface area (Å²) >= 11 is 0. The maximum atomic E-state index is 13.1. The first-order chi connectivity index (χ1) is 19.2. The summed E-state index contributed by atoms with van der Waals surface area (Å²) in [4.78, 5) is 0. The van der Waals surface area contributed by atoms with Crippen LogP contribution in [0.2, 0.25) is 18.1 Å². The molecule has 0 amide bonds. The molecular weight excluding hydrogens is 547 g/mol. The lowest BCUT2D eigenvalue weighted by Gasteiger charge is -2.42. The zero-order valence-corrected chi connectivity index (χ0v) is 27.5. The summed E-state index contributed by atoms with van der Waals surface area (Å²) in [6.07, 6.45) is -0.500. The second kappa shape index (κ2) is 13.6. The Morgan fingerprint density at radius 1 is 0.805 bits per heavy atom. The Hall–Kier alpha value is -2.55. The van der Waals surface area contributed by atoms with Crippen LogP contribution in [0.15, 0.2) is 103 Å². The number of rotatable bonds is 14. The molecule has 3 rings (SSSR count). The van der Waals surface area contributed by atoms with Crippen molar-refractivity contribution in [1.82, 2.24) is 4.31 Å². The van der Waals surface area contributed by atoms with Gasteiger partial charge in [0.1, 0.15) is 5.60 Å². The van der Waals surface area contributed by atoms with E-state index in [0.29, 0.717) is 6.54 Å². The standard InChI is InChI=1S/C34H47NO4SSi/c1-9-40(36,37)35(25-28(2)3)26-32(39-41(7,8)33(4,5)6)27-38-34(29-19-13-10-14-20-29,30-21-15-11-16-22-30)31-23-17-12-18-24-31/h9-24,28,32H,1,25-27H2,2-8H3/t32-/m0/s1. The van der Waals surface area contributed by atoms with E-state index in [1.54, 1.807) is 0 Å². The normalized spacial score (nSPS) is 13.9. The summed E-state index contributed by atoms with van der Waals surface area (Å²) < 4.78 is 41.8. The summed E-state index contributed by atoms with van der Waals surface area (Å²) in [7, 11) is -5.98. The Morgan fingerprint density at radius 3 is 1.56 bits per heavy atom. The number of sulfonamides is 1. The zero-order valence-electron chi connectivity index (χ0n) is 25.7. The van der Waals surface area contributed by atoms with Gasteiger partial charge in [-0.3, -0.25) is 0 Å². The molecule has 0 heterocycles. The average molecular weight is 594 g/mol. The zero-order chi connectivity index (χ0) is 30.3. The van der Waals surface area contributed by atoms with Crippen LogP contribution in [0.1, 0.15) is 51.3 Å². The highest BCUT2D eigenvalue weighted by Crippen LogP contribution is 2.42. The van der Waals surface area contributed by atoms with Gasteiger partial charge in [0.2, 0.25) is 10.0 Å². The minimum absolute atomic E-state index is 0.0686. The predicted octanol–water partition coefficient (Wildman–Crippen LogP) is 7.82. The highest BCUT2D eigenvalue weighted by molar-refractivity contribution is 7.92. The molecule has 0 spiro atoms. The largest absolute Gasteiger partial charge is 0.410 e. The minimum Gasteiger partial charge on any atom is -0.410 e. The lowest BCUT2D eigenvalue weighted by atomic mass is 9.80. The third-order valence-corrected chi connectivity index (χ3v) is 13.8. The Labute approximate surface area is 249 Å². The first-order valence-electron chi connectivity index (χ1n) is 14.3. The fourth-order valence-corrected chi connectivity index (χ4v) is 7.15. The van der Waals surface area contributed by atoms with Gasteiger partial charge in [-0.05, 0) is 40.7 Å². The molecule has 41 heavy (non-hydrogen) atoms. The van der Waals surface area contributed by atoms with Crippen LogP contribution in [0.3, 0.4) is 0 Å². The highest BCUT2D eigenvalue weighted by Gasteiger charge is 2.42. The Balaban J connectivity index is 2.15. The van der Waals surface area contributed by atoms with Gasteiger partial charge in [-0.1, -0.05) is 132 Å². The van der Waals surface area contributed by atoms with Crippen LogP contribution in [0, 0.1) is 5.92 Å². The Morgan fingerprint density at radius 2 is 1.22 bits per heavy atom. The third kappa shape index (κ3) is 8.05. The Bertz CT molecular complexity index is 1240. The van der Waals surface area contributed by atoms with Crippen molar-refractivity contribution < 1.29 is 17.6 Å². The molecule has 5 nitrogen and oxygen atoms in total. The van der Waals surface area contributed by atoms with Crippen LogP contribution < -0.4 is 0 Å². The van der Waals surface area contributed by atoms with Crippen molar-refractivity contribution >= 4 is 18.3 Å². The molecule has 0 N–H and O–H groups in total. The molecule has 0 bridgehead atoms. The fraction of sp³-hybridized carbons (Fsp3) is 0.412. The van der Waals surface area contributed by atoms with E-state index in [1.807, 2.05) is 68.4 Å². The van der Waals surface area contributed by atoms with E-state index in [-0.39, 0.29) is 24.1 Å². The average Bonchev–Trinajstić information content (AvgIpc) is 2.93. The van der Waals surface area contributed by atoms with Crippen LogP contribution in [0.5, 0.6) is 0 Å². The summed E-state index contributed by atoms with van der Waals surface area (Å²) in [5, 5.41) is 0.961. The molecular formula is C34H47NO4SSi. The van der Waals surface area contributed by atoms with E-state index in [4.69, 9.17) is 9.16 Å². The maximum absolute atomic E-state index is 13.1. The fourth-order valence-electron chi connectivity index (χ4n) is 4.73. The lowest BCUT2D eigenvalue weighted by Crippen LogP contribution is -2.50. The van der Waals surface area contributed by atoms with Gasteiger partial charge in [0, 0.05) is 18.5 Å². The molecule has 0 unspecified atom stereocenters. The number of hydrogen-bond acceptors (Lipinski definition) is 4. The van der Waals surface area contributed by atoms with Gasteiger partial charge in [-0.25, -0.2) is 8.42 Å². The van der Waals surface area contributed by atoms with Crippen molar-refractivity contribution in [3.63, 3.8) is 0 Å². The number of ether oxygens (including phenoxy) is 1. The highest BCUT2D eigenvalue weighted by atomic mass is 32.2. The monoisotopic (exact) mass is 593 g/mol. The second-order valence-corrected chi connectivity index (χ2v) is 19.1. The van der Waals surface area contributed by atoms with Crippen LogP contribution in [-0.4, -0.2) is 46.8 Å². The SMILES string of the molecule is C=CS(=O)(=O)N(CC(C)C)C[C@@H](COC(c1ccccc1)(c1ccccc1)c1ccccc1)O[Si](C)(C)C(C)(C)C. The topological polar surface area (TPSA) is 55.8 Å². The molecule has 3 aromatic rings. The van der Waals surface area contributed by atoms with Crippen LogP contribution in [-0.2, 0) is 24.8 Å². The molecule has 0 aromatic heterocycles. The van der Waals surface area contributed by atoms with Gasteiger partial charge < -0.3 is 9.16 Å². The van der Waals surface area contributed by atoms with Gasteiger partial charge in [0.25, 0.3) is 0 Å². The summed E-state index contributed by atoms with van der Waals surface area (Å²) in [5.41, 5.74) is 2.03. The second-order valence-electron chi connectivity index (χ2n) is 12.5. The van der Waals surface area contributed by atoms with Gasteiger partial charge >= 0.3 is 0 Å². The number of benzene rings is 3. The molecule has 0 aliphatic heterocycles. The maximum Gasteiger partial charge on any atom is 0.235 e. The molecule has 3 aromatic carbocycles. The Kier molecular flexibility index (Phi) is 10.9.